The van der Waals surface area contributed by atoms with Crippen LogP contribution in [0.4, 0.5) is 0 Å². The second-order valence-corrected chi connectivity index (χ2v) is 7.27. The van der Waals surface area contributed by atoms with E-state index in [1.54, 1.807) is 0 Å². The molecule has 0 aliphatic rings. The third kappa shape index (κ3) is 5.10. The Morgan fingerprint density at radius 2 is 1.78 bits per heavy atom. The number of nitrogens with zero attached hydrogens (tertiary/aromatic N) is 2. The molecule has 0 saturated carbocycles. The largest absolute Gasteiger partial charge is 0.494 e. The predicted octanol–water partition coefficient (Wildman–Crippen LogP) is 4.94. The number of para-hydroxylation sites is 2. The van der Waals surface area contributed by atoms with Crippen LogP contribution >= 0.6 is 0 Å². The first-order valence-electron chi connectivity index (χ1n) is 9.97. The van der Waals surface area contributed by atoms with Gasteiger partial charge in [0.25, 0.3) is 0 Å². The zero-order valence-corrected chi connectivity index (χ0v) is 16.4. The van der Waals surface area contributed by atoms with Gasteiger partial charge in [-0.3, -0.25) is 0 Å². The van der Waals surface area contributed by atoms with Crippen molar-refractivity contribution in [1.29, 1.82) is 0 Å². The van der Waals surface area contributed by atoms with E-state index < -0.39 is 0 Å². The fraction of sp³-hybridized carbons (Fsp3) is 0.435. The van der Waals surface area contributed by atoms with Gasteiger partial charge in [-0.1, -0.05) is 38.1 Å². The number of hydrogen-bond donors (Lipinski definition) is 1. The molecule has 0 unspecified atom stereocenters. The van der Waals surface area contributed by atoms with E-state index in [9.17, 15) is 0 Å². The van der Waals surface area contributed by atoms with Crippen molar-refractivity contribution in [2.75, 3.05) is 13.2 Å². The predicted molar refractivity (Wildman–Crippen MR) is 110 cm³/mol. The van der Waals surface area contributed by atoms with Gasteiger partial charge in [-0.15, -0.1) is 0 Å². The molecule has 0 aliphatic carbocycles. The lowest BCUT2D eigenvalue weighted by molar-refractivity contribution is 0.286. The Morgan fingerprint density at radius 1 is 1.00 bits per heavy atom. The Kier molecular flexibility index (Phi) is 6.88. The molecule has 0 aliphatic heterocycles. The summed E-state index contributed by atoms with van der Waals surface area (Å²) < 4.78 is 8.18. The minimum atomic E-state index is 0.201. The van der Waals surface area contributed by atoms with Gasteiger partial charge in [0, 0.05) is 19.6 Å². The van der Waals surface area contributed by atoms with Crippen LogP contribution in [0.15, 0.2) is 48.5 Å². The smallest absolute Gasteiger partial charge is 0.119 e. The minimum absolute atomic E-state index is 0.201. The van der Waals surface area contributed by atoms with Crippen LogP contribution in [0, 0.1) is 0 Å². The molecule has 0 radical (unpaired) electrons. The average Bonchev–Trinajstić information content (AvgIpc) is 3.04. The summed E-state index contributed by atoms with van der Waals surface area (Å²) in [5.74, 6) is 2.55. The van der Waals surface area contributed by atoms with Crippen LogP contribution in [0.5, 0.6) is 5.75 Å². The zero-order chi connectivity index (χ0) is 19.1. The SMILES string of the molecule is CC(C)c1ccc(OCCCCn2c(CCCO)nc3ccccc32)cc1. The number of hydrogen-bond acceptors (Lipinski definition) is 3. The number of fused-ring (bicyclic) bond motifs is 1. The first-order valence-corrected chi connectivity index (χ1v) is 9.97. The maximum Gasteiger partial charge on any atom is 0.119 e. The van der Waals surface area contributed by atoms with Crippen molar-refractivity contribution in [1.82, 2.24) is 9.55 Å². The highest BCUT2D eigenvalue weighted by Gasteiger charge is 2.09. The van der Waals surface area contributed by atoms with Crippen LogP contribution in [0.2, 0.25) is 0 Å². The first-order chi connectivity index (χ1) is 13.2. The second-order valence-electron chi connectivity index (χ2n) is 7.27. The third-order valence-electron chi connectivity index (χ3n) is 4.88. The van der Waals surface area contributed by atoms with Crippen molar-refractivity contribution in [2.45, 2.75) is 52.0 Å². The Balaban J connectivity index is 1.52. The molecule has 0 bridgehead atoms. The summed E-state index contributed by atoms with van der Waals surface area (Å²) in [6, 6.07) is 16.7. The van der Waals surface area contributed by atoms with Crippen LogP contribution in [-0.4, -0.2) is 27.9 Å². The molecular formula is C23H30N2O2. The Bertz CT molecular complexity index is 837. The molecule has 0 spiro atoms. The van der Waals surface area contributed by atoms with E-state index in [1.807, 2.05) is 6.07 Å². The lowest BCUT2D eigenvalue weighted by Gasteiger charge is -2.11. The van der Waals surface area contributed by atoms with Gasteiger partial charge < -0.3 is 14.4 Å². The van der Waals surface area contributed by atoms with Crippen molar-refractivity contribution in [3.05, 3.63) is 59.9 Å². The third-order valence-corrected chi connectivity index (χ3v) is 4.88. The van der Waals surface area contributed by atoms with Crippen LogP contribution in [-0.2, 0) is 13.0 Å². The Hall–Kier alpha value is -2.33. The molecule has 1 N–H and O–H groups in total. The fourth-order valence-electron chi connectivity index (χ4n) is 3.31. The van der Waals surface area contributed by atoms with E-state index in [1.165, 1.54) is 11.1 Å². The molecule has 27 heavy (non-hydrogen) atoms. The van der Waals surface area contributed by atoms with Gasteiger partial charge in [-0.05, 0) is 55.0 Å². The van der Waals surface area contributed by atoms with Gasteiger partial charge in [0.2, 0.25) is 0 Å². The van der Waals surface area contributed by atoms with Crippen LogP contribution in [0.1, 0.15) is 50.4 Å². The van der Waals surface area contributed by atoms with Gasteiger partial charge in [-0.25, -0.2) is 4.98 Å². The van der Waals surface area contributed by atoms with Crippen molar-refractivity contribution in [3.8, 4) is 5.75 Å². The summed E-state index contributed by atoms with van der Waals surface area (Å²) in [6.07, 6.45) is 3.59. The minimum Gasteiger partial charge on any atom is -0.494 e. The van der Waals surface area contributed by atoms with E-state index in [2.05, 4.69) is 60.9 Å². The van der Waals surface area contributed by atoms with Crippen molar-refractivity contribution in [2.24, 2.45) is 0 Å². The summed E-state index contributed by atoms with van der Waals surface area (Å²) >= 11 is 0. The fourth-order valence-corrected chi connectivity index (χ4v) is 3.31. The van der Waals surface area contributed by atoms with Gasteiger partial charge >= 0.3 is 0 Å². The van der Waals surface area contributed by atoms with Gasteiger partial charge in [-0.2, -0.15) is 0 Å². The molecule has 1 aromatic heterocycles. The number of aromatic nitrogens is 2. The number of unbranched alkanes of at least 4 members (excludes halogenated alkanes) is 1. The molecule has 2 aromatic carbocycles. The number of ether oxygens (including phenoxy) is 1. The number of benzene rings is 2. The lowest BCUT2D eigenvalue weighted by Crippen LogP contribution is -2.07. The van der Waals surface area contributed by atoms with E-state index in [0.717, 1.165) is 55.9 Å². The maximum atomic E-state index is 9.14. The number of aryl methyl sites for hydroxylation is 2. The molecule has 4 heteroatoms. The molecule has 3 aromatic rings. The molecule has 144 valence electrons. The number of imidazole rings is 1. The van der Waals surface area contributed by atoms with E-state index >= 15 is 0 Å². The van der Waals surface area contributed by atoms with Crippen molar-refractivity contribution >= 4 is 11.0 Å². The molecule has 1 heterocycles. The van der Waals surface area contributed by atoms with E-state index in [4.69, 9.17) is 14.8 Å². The standard InChI is InChI=1S/C23H30N2O2/c1-18(2)19-11-13-20(14-12-19)27-17-6-5-15-25-22-9-4-3-8-21(22)24-23(25)10-7-16-26/h3-4,8-9,11-14,18,26H,5-7,10,15-17H2,1-2H3. The highest BCUT2D eigenvalue weighted by atomic mass is 16.5. The van der Waals surface area contributed by atoms with Crippen LogP contribution in [0.3, 0.4) is 0 Å². The van der Waals surface area contributed by atoms with E-state index in [0.29, 0.717) is 5.92 Å². The monoisotopic (exact) mass is 366 g/mol. The van der Waals surface area contributed by atoms with Gasteiger partial charge in [0.1, 0.15) is 11.6 Å². The van der Waals surface area contributed by atoms with Crippen LogP contribution < -0.4 is 4.74 Å². The first kappa shape index (κ1) is 19.4. The molecular weight excluding hydrogens is 336 g/mol. The number of aliphatic hydroxyl groups is 1. The number of aliphatic hydroxyl groups excluding tert-OH is 1. The maximum absolute atomic E-state index is 9.14. The highest BCUT2D eigenvalue weighted by molar-refractivity contribution is 5.75. The Morgan fingerprint density at radius 3 is 2.52 bits per heavy atom. The van der Waals surface area contributed by atoms with Crippen molar-refractivity contribution < 1.29 is 9.84 Å². The normalized spacial score (nSPS) is 11.4. The molecule has 0 atom stereocenters. The van der Waals surface area contributed by atoms with Gasteiger partial charge in [0.05, 0.1) is 17.6 Å². The van der Waals surface area contributed by atoms with E-state index in [-0.39, 0.29) is 6.61 Å². The highest BCUT2D eigenvalue weighted by Crippen LogP contribution is 2.20. The molecule has 0 amide bonds. The lowest BCUT2D eigenvalue weighted by atomic mass is 10.0. The molecule has 4 nitrogen and oxygen atoms in total. The van der Waals surface area contributed by atoms with Gasteiger partial charge in [0.15, 0.2) is 0 Å². The van der Waals surface area contributed by atoms with Crippen molar-refractivity contribution in [3.63, 3.8) is 0 Å². The second kappa shape index (κ2) is 9.56. The zero-order valence-electron chi connectivity index (χ0n) is 16.4. The quantitative estimate of drug-likeness (QED) is 0.517. The Labute approximate surface area is 161 Å². The summed E-state index contributed by atoms with van der Waals surface area (Å²) in [4.78, 5) is 4.74. The molecule has 0 fully saturated rings. The molecule has 0 saturated heterocycles. The molecule has 3 rings (SSSR count). The summed E-state index contributed by atoms with van der Waals surface area (Å²) in [5, 5.41) is 9.14. The average molecular weight is 367 g/mol. The summed E-state index contributed by atoms with van der Waals surface area (Å²) in [7, 11) is 0. The van der Waals surface area contributed by atoms with Crippen LogP contribution in [0.25, 0.3) is 11.0 Å². The number of rotatable bonds is 10. The summed E-state index contributed by atoms with van der Waals surface area (Å²) in [6.45, 7) is 6.25. The topological polar surface area (TPSA) is 47.3 Å². The summed E-state index contributed by atoms with van der Waals surface area (Å²) in [5.41, 5.74) is 3.55.